The number of halogens is 4. The summed E-state index contributed by atoms with van der Waals surface area (Å²) >= 11 is 0. The van der Waals surface area contributed by atoms with E-state index in [9.17, 15) is 4.39 Å². The summed E-state index contributed by atoms with van der Waals surface area (Å²) in [6.45, 7) is 2.20. The molecule has 1 fully saturated rings. The normalized spacial score (nSPS) is 19.8. The number of unbranched alkanes of at least 4 members (excludes halogenated alkanes) is 7. The van der Waals surface area contributed by atoms with Gasteiger partial charge in [-0.1, -0.05) is 125 Å². The third-order valence-electron chi connectivity index (χ3n) is 11.3. The zero-order valence-electron chi connectivity index (χ0n) is 29.3. The van der Waals surface area contributed by atoms with Gasteiger partial charge >= 0.3 is 0 Å². The van der Waals surface area contributed by atoms with Crippen molar-refractivity contribution in [2.24, 2.45) is 17.8 Å². The first-order valence-corrected chi connectivity index (χ1v) is 19.0. The molecule has 0 aromatic heterocycles. The molecule has 49 heavy (non-hydrogen) atoms. The molecule has 1 atom stereocenters. The van der Waals surface area contributed by atoms with E-state index in [1.165, 1.54) is 57.8 Å². The number of aliphatic hydroxyl groups is 1. The van der Waals surface area contributed by atoms with E-state index < -0.39 is 23.3 Å². The Hall–Kier alpha value is -3.34. The van der Waals surface area contributed by atoms with Crippen LogP contribution in [0.15, 0.2) is 66.9 Å². The Labute approximate surface area is 291 Å². The Bertz CT molecular complexity index is 1550. The number of hydrogen-bond acceptors (Lipinski definition) is 1. The maximum absolute atomic E-state index is 15.5. The van der Waals surface area contributed by atoms with Crippen molar-refractivity contribution < 1.29 is 22.7 Å². The summed E-state index contributed by atoms with van der Waals surface area (Å²) in [4.78, 5) is 0. The van der Waals surface area contributed by atoms with Crippen LogP contribution in [0.5, 0.6) is 0 Å². The lowest BCUT2D eigenvalue weighted by Crippen LogP contribution is -2.23. The van der Waals surface area contributed by atoms with Crippen LogP contribution in [0.2, 0.25) is 0 Å². The second kappa shape index (κ2) is 18.6. The van der Waals surface area contributed by atoms with E-state index in [1.54, 1.807) is 48.5 Å². The lowest BCUT2D eigenvalue weighted by Gasteiger charge is -2.35. The second-order valence-corrected chi connectivity index (χ2v) is 14.5. The molecular formula is C44H54F4O. The zero-order chi connectivity index (χ0) is 34.6. The number of benzene rings is 3. The molecule has 0 aliphatic heterocycles. The van der Waals surface area contributed by atoms with Gasteiger partial charge in [-0.15, -0.1) is 0 Å². The number of rotatable bonds is 16. The highest BCUT2D eigenvalue weighted by Crippen LogP contribution is 2.43. The molecule has 1 nitrogen and oxygen atoms in total. The van der Waals surface area contributed by atoms with Crippen LogP contribution in [0.1, 0.15) is 127 Å². The molecule has 5 heteroatoms. The van der Waals surface area contributed by atoms with E-state index in [1.807, 2.05) is 6.08 Å². The van der Waals surface area contributed by atoms with Gasteiger partial charge in [0.05, 0.1) is 6.26 Å². The van der Waals surface area contributed by atoms with Crippen LogP contribution < -0.4 is 0 Å². The van der Waals surface area contributed by atoms with E-state index in [4.69, 9.17) is 5.11 Å². The third-order valence-corrected chi connectivity index (χ3v) is 11.3. The van der Waals surface area contributed by atoms with E-state index in [0.717, 1.165) is 69.1 Å². The molecule has 0 radical (unpaired) electrons. The molecule has 1 unspecified atom stereocenters. The minimum atomic E-state index is -0.884. The fourth-order valence-corrected chi connectivity index (χ4v) is 8.19. The van der Waals surface area contributed by atoms with Crippen LogP contribution in [0.25, 0.3) is 27.8 Å². The van der Waals surface area contributed by atoms with Gasteiger partial charge in [0.2, 0.25) is 0 Å². The molecule has 0 amide bonds. The van der Waals surface area contributed by atoms with Crippen LogP contribution in [-0.4, -0.2) is 5.11 Å². The highest BCUT2D eigenvalue weighted by molar-refractivity contribution is 5.74. The summed E-state index contributed by atoms with van der Waals surface area (Å²) in [6, 6.07) is 13.2. The predicted octanol–water partition coefficient (Wildman–Crippen LogP) is 14.1. The first-order chi connectivity index (χ1) is 23.9. The smallest absolute Gasteiger partial charge is 0.167 e. The van der Waals surface area contributed by atoms with Crippen molar-refractivity contribution in [2.45, 2.75) is 122 Å². The second-order valence-electron chi connectivity index (χ2n) is 14.5. The van der Waals surface area contributed by atoms with Gasteiger partial charge < -0.3 is 5.11 Å². The van der Waals surface area contributed by atoms with Crippen molar-refractivity contribution in [1.29, 1.82) is 0 Å². The van der Waals surface area contributed by atoms with Gasteiger partial charge in [-0.05, 0) is 97.8 Å². The van der Waals surface area contributed by atoms with Crippen molar-refractivity contribution in [3.05, 3.63) is 101 Å². The molecule has 5 rings (SSSR count). The van der Waals surface area contributed by atoms with Gasteiger partial charge in [-0.3, -0.25) is 0 Å². The van der Waals surface area contributed by atoms with E-state index >= 15 is 13.2 Å². The number of aliphatic hydroxyl groups excluding tert-OH is 1. The standard InChI is InChI=1S/C44H54F4O/c1-2-3-4-5-6-7-8-9-13-37-26-27-38(42(46)41(37)45)35-22-24-36(25-23-35)40-29-28-39(43(47)44(40)48)34-20-18-33(19-21-34)32-16-14-31(15-17-32)12-10-11-30-49/h11,20,22-33,49H,2-10,12-19,21H2,1H3/b30-11+. The quantitative estimate of drug-likeness (QED) is 0.0911. The number of aryl methyl sites for hydroxylation is 1. The first kappa shape index (κ1) is 36.9. The van der Waals surface area contributed by atoms with Gasteiger partial charge in [0.15, 0.2) is 23.3 Å². The number of hydrogen-bond donors (Lipinski definition) is 1. The van der Waals surface area contributed by atoms with Crippen molar-refractivity contribution in [1.82, 2.24) is 0 Å². The minimum Gasteiger partial charge on any atom is -0.516 e. The molecule has 3 aromatic rings. The van der Waals surface area contributed by atoms with Crippen LogP contribution in [0.4, 0.5) is 17.6 Å². The van der Waals surface area contributed by atoms with Crippen molar-refractivity contribution in [3.63, 3.8) is 0 Å². The fourth-order valence-electron chi connectivity index (χ4n) is 8.19. The maximum Gasteiger partial charge on any atom is 0.167 e. The molecule has 1 N–H and O–H groups in total. The summed E-state index contributed by atoms with van der Waals surface area (Å²) in [5, 5.41) is 8.87. The lowest BCUT2D eigenvalue weighted by molar-refractivity contribution is 0.190. The average molecular weight is 675 g/mol. The molecule has 2 aliphatic carbocycles. The molecule has 0 saturated heterocycles. The molecule has 3 aromatic carbocycles. The summed E-state index contributed by atoms with van der Waals surface area (Å²) in [7, 11) is 0. The van der Waals surface area contributed by atoms with Crippen LogP contribution in [-0.2, 0) is 6.42 Å². The van der Waals surface area contributed by atoms with Crippen molar-refractivity contribution in [2.75, 3.05) is 0 Å². The Kier molecular flexibility index (Phi) is 14.0. The zero-order valence-corrected chi connectivity index (χ0v) is 29.3. The Morgan fingerprint density at radius 1 is 0.633 bits per heavy atom. The van der Waals surface area contributed by atoms with E-state index in [0.29, 0.717) is 40.5 Å². The first-order valence-electron chi connectivity index (χ1n) is 19.0. The summed E-state index contributed by atoms with van der Waals surface area (Å²) in [5.74, 6) is -1.36. The van der Waals surface area contributed by atoms with Gasteiger partial charge in [0, 0.05) is 16.7 Å². The van der Waals surface area contributed by atoms with Crippen LogP contribution in [0, 0.1) is 41.0 Å². The third kappa shape index (κ3) is 9.67. The minimum absolute atomic E-state index is 0.153. The summed E-state index contributed by atoms with van der Waals surface area (Å²) < 4.78 is 61.1. The molecule has 2 aliphatic rings. The summed E-state index contributed by atoms with van der Waals surface area (Å²) in [5.41, 5.74) is 2.91. The number of allylic oxidation sites excluding steroid dienone is 3. The van der Waals surface area contributed by atoms with Gasteiger partial charge in [-0.25, -0.2) is 17.6 Å². The fraction of sp³-hybridized carbons (Fsp3) is 0.500. The molecule has 264 valence electrons. The lowest BCUT2D eigenvalue weighted by atomic mass is 9.70. The monoisotopic (exact) mass is 674 g/mol. The molecule has 0 heterocycles. The van der Waals surface area contributed by atoms with Gasteiger partial charge in [0.1, 0.15) is 0 Å². The SMILES string of the molecule is CCCCCCCCCCc1ccc(-c2ccc(-c3ccc(C4=CCC(C5CCC(CC/C=C/O)CC5)CC4)c(F)c3F)cc2)c(F)c1F. The Balaban J connectivity index is 1.17. The van der Waals surface area contributed by atoms with Gasteiger partial charge in [0.25, 0.3) is 0 Å². The Morgan fingerprint density at radius 3 is 1.82 bits per heavy atom. The molecular weight excluding hydrogens is 620 g/mol. The average Bonchev–Trinajstić information content (AvgIpc) is 3.13. The topological polar surface area (TPSA) is 20.2 Å². The molecule has 0 spiro atoms. The van der Waals surface area contributed by atoms with Crippen molar-refractivity contribution >= 4 is 5.57 Å². The van der Waals surface area contributed by atoms with Crippen molar-refractivity contribution in [3.8, 4) is 22.3 Å². The predicted molar refractivity (Wildman–Crippen MR) is 195 cm³/mol. The highest BCUT2D eigenvalue weighted by atomic mass is 19.2. The van der Waals surface area contributed by atoms with Crippen LogP contribution >= 0.6 is 0 Å². The summed E-state index contributed by atoms with van der Waals surface area (Å²) in [6.07, 6.45) is 24.4. The van der Waals surface area contributed by atoms with E-state index in [2.05, 4.69) is 13.0 Å². The molecule has 0 bridgehead atoms. The maximum atomic E-state index is 15.5. The molecule has 1 saturated carbocycles. The van der Waals surface area contributed by atoms with Gasteiger partial charge in [-0.2, -0.15) is 0 Å². The highest BCUT2D eigenvalue weighted by Gasteiger charge is 2.29. The largest absolute Gasteiger partial charge is 0.516 e. The van der Waals surface area contributed by atoms with Crippen LogP contribution in [0.3, 0.4) is 0 Å². The van der Waals surface area contributed by atoms with E-state index in [-0.39, 0.29) is 11.1 Å². The Morgan fingerprint density at radius 2 is 1.20 bits per heavy atom.